The Kier molecular flexibility index (Phi) is 3.94. The summed E-state index contributed by atoms with van der Waals surface area (Å²) < 4.78 is 8.01. The number of hydrogen-bond acceptors (Lipinski definition) is 3. The fraction of sp³-hybridized carbons (Fsp3) is 0.250. The quantitative estimate of drug-likeness (QED) is 0.941. The molecule has 2 aromatic rings. The second-order valence-corrected chi connectivity index (χ2v) is 4.96. The number of rotatable bonds is 3. The van der Waals surface area contributed by atoms with Crippen molar-refractivity contribution in [2.24, 2.45) is 12.8 Å². The van der Waals surface area contributed by atoms with Crippen LogP contribution in [-0.2, 0) is 13.6 Å². The number of methoxy groups -OCH3 is 1. The van der Waals surface area contributed by atoms with E-state index in [0.29, 0.717) is 11.6 Å². The third-order valence-corrected chi connectivity index (χ3v) is 3.53. The number of hydrogen-bond donors (Lipinski definition) is 1. The summed E-state index contributed by atoms with van der Waals surface area (Å²) in [5.74, 6) is 1.53. The Morgan fingerprint density at radius 3 is 2.78 bits per heavy atom. The van der Waals surface area contributed by atoms with Gasteiger partial charge in [-0.1, -0.05) is 11.6 Å². The van der Waals surface area contributed by atoms with Crippen LogP contribution in [-0.4, -0.2) is 16.7 Å². The zero-order chi connectivity index (χ0) is 13.3. The molecular formula is C12H13BrClN3O. The first-order valence-corrected chi connectivity index (χ1v) is 6.50. The molecular weight excluding hydrogens is 318 g/mol. The van der Waals surface area contributed by atoms with E-state index in [2.05, 4.69) is 20.9 Å². The first kappa shape index (κ1) is 13.4. The smallest absolute Gasteiger partial charge is 0.132 e. The number of aromatic nitrogens is 2. The summed E-state index contributed by atoms with van der Waals surface area (Å²) in [7, 11) is 3.54. The van der Waals surface area contributed by atoms with Crippen LogP contribution in [0, 0.1) is 0 Å². The molecule has 0 spiro atoms. The van der Waals surface area contributed by atoms with Crippen LogP contribution in [0.15, 0.2) is 22.8 Å². The standard InChI is InChI=1S/C12H13BrClN3O/c1-17-10(6-15)16-12(13)11(17)8-5-7(14)3-4-9(8)18-2/h3-5H,6,15H2,1-2H3. The first-order valence-electron chi connectivity index (χ1n) is 5.33. The fourth-order valence-corrected chi connectivity index (χ4v) is 2.70. The van der Waals surface area contributed by atoms with Crippen LogP contribution in [0.4, 0.5) is 0 Å². The highest BCUT2D eigenvalue weighted by molar-refractivity contribution is 9.10. The van der Waals surface area contributed by atoms with Crippen molar-refractivity contribution in [3.63, 3.8) is 0 Å². The molecule has 1 aromatic heterocycles. The van der Waals surface area contributed by atoms with E-state index in [-0.39, 0.29) is 0 Å². The average Bonchev–Trinajstić information content (AvgIpc) is 2.64. The van der Waals surface area contributed by atoms with E-state index in [4.69, 9.17) is 22.1 Å². The lowest BCUT2D eigenvalue weighted by atomic mass is 10.1. The molecule has 4 nitrogen and oxygen atoms in total. The number of halogens is 2. The normalized spacial score (nSPS) is 10.7. The number of nitrogens with two attached hydrogens (primary N) is 1. The zero-order valence-corrected chi connectivity index (χ0v) is 12.4. The van der Waals surface area contributed by atoms with Crippen LogP contribution in [0.3, 0.4) is 0 Å². The van der Waals surface area contributed by atoms with Crippen LogP contribution in [0.25, 0.3) is 11.3 Å². The number of benzene rings is 1. The van der Waals surface area contributed by atoms with Crippen molar-refractivity contribution in [3.05, 3.63) is 33.6 Å². The average molecular weight is 331 g/mol. The van der Waals surface area contributed by atoms with Gasteiger partial charge in [-0.05, 0) is 34.1 Å². The Hall–Kier alpha value is -1.04. The molecule has 6 heteroatoms. The van der Waals surface area contributed by atoms with Gasteiger partial charge in [0.15, 0.2) is 0 Å². The van der Waals surface area contributed by atoms with Gasteiger partial charge in [0.2, 0.25) is 0 Å². The molecule has 0 bridgehead atoms. The van der Waals surface area contributed by atoms with Crippen LogP contribution in [0.1, 0.15) is 5.82 Å². The Morgan fingerprint density at radius 2 is 2.22 bits per heavy atom. The highest BCUT2D eigenvalue weighted by atomic mass is 79.9. The van der Waals surface area contributed by atoms with Gasteiger partial charge in [-0.15, -0.1) is 0 Å². The Balaban J connectivity index is 2.68. The lowest BCUT2D eigenvalue weighted by molar-refractivity contribution is 0.416. The van der Waals surface area contributed by atoms with Crippen molar-refractivity contribution in [2.75, 3.05) is 7.11 Å². The van der Waals surface area contributed by atoms with Gasteiger partial charge in [-0.25, -0.2) is 4.98 Å². The Bertz CT molecular complexity index is 583. The summed E-state index contributed by atoms with van der Waals surface area (Å²) in [6, 6.07) is 5.47. The maximum atomic E-state index is 6.04. The van der Waals surface area contributed by atoms with Crippen molar-refractivity contribution in [1.29, 1.82) is 0 Å². The Labute approximate surface area is 119 Å². The molecule has 0 saturated heterocycles. The fourth-order valence-electron chi connectivity index (χ4n) is 1.85. The zero-order valence-electron chi connectivity index (χ0n) is 10.1. The molecule has 96 valence electrons. The highest BCUT2D eigenvalue weighted by Crippen LogP contribution is 2.36. The predicted molar refractivity (Wildman–Crippen MR) is 75.8 cm³/mol. The maximum absolute atomic E-state index is 6.04. The summed E-state index contributed by atoms with van der Waals surface area (Å²) in [5, 5.41) is 0.646. The number of nitrogens with zero attached hydrogens (tertiary/aromatic N) is 2. The molecule has 0 aliphatic heterocycles. The minimum atomic E-state index is 0.373. The van der Waals surface area contributed by atoms with E-state index < -0.39 is 0 Å². The minimum absolute atomic E-state index is 0.373. The maximum Gasteiger partial charge on any atom is 0.132 e. The van der Waals surface area contributed by atoms with Gasteiger partial charge in [0.25, 0.3) is 0 Å². The molecule has 18 heavy (non-hydrogen) atoms. The third-order valence-electron chi connectivity index (χ3n) is 2.74. The summed E-state index contributed by atoms with van der Waals surface area (Å²) in [6.07, 6.45) is 0. The van der Waals surface area contributed by atoms with Crippen LogP contribution >= 0.6 is 27.5 Å². The van der Waals surface area contributed by atoms with E-state index in [9.17, 15) is 0 Å². The van der Waals surface area contributed by atoms with Crippen LogP contribution in [0.2, 0.25) is 5.02 Å². The van der Waals surface area contributed by atoms with E-state index in [1.807, 2.05) is 23.7 Å². The van der Waals surface area contributed by atoms with Crippen LogP contribution in [0.5, 0.6) is 5.75 Å². The second kappa shape index (κ2) is 5.30. The highest BCUT2D eigenvalue weighted by Gasteiger charge is 2.17. The van der Waals surface area contributed by atoms with Crippen molar-refractivity contribution in [3.8, 4) is 17.0 Å². The van der Waals surface area contributed by atoms with Gasteiger partial charge < -0.3 is 15.0 Å². The summed E-state index contributed by atoms with van der Waals surface area (Å²) >= 11 is 9.49. The molecule has 0 fully saturated rings. The monoisotopic (exact) mass is 329 g/mol. The SMILES string of the molecule is COc1ccc(Cl)cc1-c1c(Br)nc(CN)n1C. The number of ether oxygens (including phenoxy) is 1. The Morgan fingerprint density at radius 1 is 1.50 bits per heavy atom. The predicted octanol–water partition coefficient (Wildman–Crippen LogP) is 2.97. The van der Waals surface area contributed by atoms with Crippen molar-refractivity contribution in [2.45, 2.75) is 6.54 Å². The van der Waals surface area contributed by atoms with Crippen molar-refractivity contribution >= 4 is 27.5 Å². The van der Waals surface area contributed by atoms with Crippen molar-refractivity contribution < 1.29 is 4.74 Å². The molecule has 0 saturated carbocycles. The van der Waals surface area contributed by atoms with Crippen LogP contribution < -0.4 is 10.5 Å². The molecule has 0 radical (unpaired) electrons. The second-order valence-electron chi connectivity index (χ2n) is 3.78. The van der Waals surface area contributed by atoms with Gasteiger partial charge in [0, 0.05) is 17.6 Å². The van der Waals surface area contributed by atoms with E-state index in [0.717, 1.165) is 27.4 Å². The molecule has 0 aliphatic rings. The van der Waals surface area contributed by atoms with Crippen molar-refractivity contribution in [1.82, 2.24) is 9.55 Å². The molecule has 2 N–H and O–H groups in total. The minimum Gasteiger partial charge on any atom is -0.496 e. The lowest BCUT2D eigenvalue weighted by Gasteiger charge is -2.10. The number of imidazole rings is 1. The molecule has 1 heterocycles. The third kappa shape index (κ3) is 2.25. The largest absolute Gasteiger partial charge is 0.496 e. The first-order chi connectivity index (χ1) is 8.58. The lowest BCUT2D eigenvalue weighted by Crippen LogP contribution is -2.05. The van der Waals surface area contributed by atoms with Gasteiger partial charge in [0.05, 0.1) is 19.3 Å². The van der Waals surface area contributed by atoms with E-state index in [1.165, 1.54) is 0 Å². The van der Waals surface area contributed by atoms with Gasteiger partial charge in [-0.3, -0.25) is 0 Å². The molecule has 0 unspecified atom stereocenters. The van der Waals surface area contributed by atoms with E-state index in [1.54, 1.807) is 13.2 Å². The molecule has 2 rings (SSSR count). The molecule has 0 atom stereocenters. The van der Waals surface area contributed by atoms with E-state index >= 15 is 0 Å². The summed E-state index contributed by atoms with van der Waals surface area (Å²) in [5.41, 5.74) is 7.43. The molecule has 1 aromatic carbocycles. The van der Waals surface area contributed by atoms with Gasteiger partial charge in [-0.2, -0.15) is 0 Å². The summed E-state index contributed by atoms with van der Waals surface area (Å²) in [4.78, 5) is 4.37. The summed E-state index contributed by atoms with van der Waals surface area (Å²) in [6.45, 7) is 0.373. The van der Waals surface area contributed by atoms with Gasteiger partial charge >= 0.3 is 0 Å². The molecule has 0 aliphatic carbocycles. The van der Waals surface area contributed by atoms with Gasteiger partial charge in [0.1, 0.15) is 16.2 Å². The molecule has 0 amide bonds. The topological polar surface area (TPSA) is 53.1 Å².